The smallest absolute Gasteiger partial charge is 0.325 e. The summed E-state index contributed by atoms with van der Waals surface area (Å²) in [4.78, 5) is 11.1. The Morgan fingerprint density at radius 3 is 2.92 bits per heavy atom. The second-order valence-corrected chi connectivity index (χ2v) is 3.27. The molecule has 66 valence electrons. The third-order valence-corrected chi connectivity index (χ3v) is 2.45. The molecule has 0 aliphatic rings. The Kier molecular flexibility index (Phi) is 2.80. The van der Waals surface area contributed by atoms with Crippen molar-refractivity contribution in [3.63, 3.8) is 0 Å². The van der Waals surface area contributed by atoms with Crippen LogP contribution in [0.15, 0.2) is 11.4 Å². The van der Waals surface area contributed by atoms with Gasteiger partial charge in [0, 0.05) is 4.88 Å². The quantitative estimate of drug-likeness (QED) is 0.636. The van der Waals surface area contributed by atoms with Crippen molar-refractivity contribution in [3.05, 3.63) is 21.9 Å². The van der Waals surface area contributed by atoms with Crippen molar-refractivity contribution < 1.29 is 15.0 Å². The molecule has 0 aliphatic heterocycles. The summed E-state index contributed by atoms with van der Waals surface area (Å²) >= 11 is 1.30. The molecule has 5 heteroatoms. The number of hydrogen-bond donors (Lipinski definition) is 3. The van der Waals surface area contributed by atoms with E-state index in [-0.39, 0.29) is 6.61 Å². The minimum Gasteiger partial charge on any atom is -0.480 e. The molecule has 1 atom stereocenters. The van der Waals surface area contributed by atoms with E-state index in [2.05, 4.69) is 0 Å². The van der Waals surface area contributed by atoms with E-state index >= 15 is 0 Å². The molecule has 1 aromatic heterocycles. The van der Waals surface area contributed by atoms with Crippen molar-refractivity contribution in [1.82, 2.24) is 0 Å². The summed E-state index contributed by atoms with van der Waals surface area (Å²) in [5, 5.41) is 19.1. The monoisotopic (exact) mass is 187 g/mol. The second-order valence-electron chi connectivity index (χ2n) is 2.27. The zero-order chi connectivity index (χ0) is 9.14. The van der Waals surface area contributed by atoms with Crippen LogP contribution in [0.5, 0.6) is 0 Å². The van der Waals surface area contributed by atoms with E-state index in [0.717, 1.165) is 0 Å². The van der Waals surface area contributed by atoms with Crippen LogP contribution in [0.2, 0.25) is 0 Å². The molecule has 0 aliphatic carbocycles. The van der Waals surface area contributed by atoms with E-state index in [0.29, 0.717) is 10.4 Å². The average Bonchev–Trinajstić information content (AvgIpc) is 2.49. The number of carbonyl (C=O) groups is 1. The lowest BCUT2D eigenvalue weighted by Gasteiger charge is -2.05. The summed E-state index contributed by atoms with van der Waals surface area (Å²) in [5.41, 5.74) is 5.85. The number of rotatable bonds is 3. The molecule has 1 unspecified atom stereocenters. The Morgan fingerprint density at radius 1 is 1.75 bits per heavy atom. The summed E-state index contributed by atoms with van der Waals surface area (Å²) in [6.07, 6.45) is 0. The molecule has 0 spiro atoms. The number of aliphatic carboxylic acids is 1. The third-order valence-electron chi connectivity index (χ3n) is 1.52. The van der Waals surface area contributed by atoms with E-state index in [1.165, 1.54) is 11.3 Å². The molecular weight excluding hydrogens is 178 g/mol. The third kappa shape index (κ3) is 1.63. The molecule has 4 nitrogen and oxygen atoms in total. The van der Waals surface area contributed by atoms with Gasteiger partial charge >= 0.3 is 5.97 Å². The number of hydrogen-bond acceptors (Lipinski definition) is 4. The maximum absolute atomic E-state index is 10.5. The van der Waals surface area contributed by atoms with E-state index in [9.17, 15) is 4.79 Å². The Hall–Kier alpha value is -0.910. The van der Waals surface area contributed by atoms with Crippen LogP contribution < -0.4 is 5.73 Å². The van der Waals surface area contributed by atoms with Gasteiger partial charge in [-0.25, -0.2) is 0 Å². The fraction of sp³-hybridized carbons (Fsp3) is 0.286. The number of aliphatic hydroxyl groups excluding tert-OH is 1. The summed E-state index contributed by atoms with van der Waals surface area (Å²) in [6, 6.07) is 0.591. The fourth-order valence-electron chi connectivity index (χ4n) is 0.889. The Morgan fingerprint density at radius 2 is 2.42 bits per heavy atom. The number of carboxylic acids is 1. The first-order chi connectivity index (χ1) is 5.66. The highest BCUT2D eigenvalue weighted by Crippen LogP contribution is 2.22. The van der Waals surface area contributed by atoms with Gasteiger partial charge in [0.05, 0.1) is 6.61 Å². The zero-order valence-electron chi connectivity index (χ0n) is 6.23. The topological polar surface area (TPSA) is 83.6 Å². The van der Waals surface area contributed by atoms with E-state index in [4.69, 9.17) is 15.9 Å². The average molecular weight is 187 g/mol. The molecule has 0 saturated heterocycles. The van der Waals surface area contributed by atoms with Crippen LogP contribution in [0, 0.1) is 0 Å². The van der Waals surface area contributed by atoms with Gasteiger partial charge in [0.1, 0.15) is 6.04 Å². The molecule has 0 aromatic carbocycles. The van der Waals surface area contributed by atoms with Crippen molar-refractivity contribution in [2.45, 2.75) is 12.6 Å². The second kappa shape index (κ2) is 3.66. The van der Waals surface area contributed by atoms with Gasteiger partial charge in [-0.1, -0.05) is 0 Å². The number of thiophene rings is 1. The van der Waals surface area contributed by atoms with Crippen molar-refractivity contribution in [3.8, 4) is 0 Å². The predicted octanol–water partition coefficient (Wildman–Crippen LogP) is 0.325. The lowest BCUT2D eigenvalue weighted by Crippen LogP contribution is -2.21. The molecule has 0 fully saturated rings. The van der Waals surface area contributed by atoms with Crippen molar-refractivity contribution in [1.29, 1.82) is 0 Å². The number of carboxylic acid groups (broad SMARTS) is 1. The van der Waals surface area contributed by atoms with Gasteiger partial charge < -0.3 is 15.9 Å². The lowest BCUT2D eigenvalue weighted by atomic mass is 10.1. The summed E-state index contributed by atoms with van der Waals surface area (Å²) < 4.78 is 0. The van der Waals surface area contributed by atoms with Crippen LogP contribution in [0.25, 0.3) is 0 Å². The predicted molar refractivity (Wildman–Crippen MR) is 44.8 cm³/mol. The Labute approximate surface area is 73.3 Å². The molecule has 1 rings (SSSR count). The van der Waals surface area contributed by atoms with Crippen molar-refractivity contribution in [2.24, 2.45) is 5.73 Å². The SMILES string of the molecule is NC(C(=O)O)c1ccsc1CO. The first-order valence-electron chi connectivity index (χ1n) is 3.32. The van der Waals surface area contributed by atoms with E-state index in [1.807, 2.05) is 0 Å². The highest BCUT2D eigenvalue weighted by Gasteiger charge is 2.18. The van der Waals surface area contributed by atoms with Crippen LogP contribution in [0.1, 0.15) is 16.5 Å². The summed E-state index contributed by atoms with van der Waals surface area (Å²) in [5.74, 6) is -1.08. The Bertz CT molecular complexity index is 284. The molecule has 0 bridgehead atoms. The largest absolute Gasteiger partial charge is 0.480 e. The summed E-state index contributed by atoms with van der Waals surface area (Å²) in [6.45, 7) is -0.159. The van der Waals surface area contributed by atoms with E-state index < -0.39 is 12.0 Å². The number of nitrogens with two attached hydrogens (primary N) is 1. The van der Waals surface area contributed by atoms with Crippen LogP contribution in [-0.2, 0) is 11.4 Å². The van der Waals surface area contributed by atoms with Gasteiger partial charge in [0.2, 0.25) is 0 Å². The lowest BCUT2D eigenvalue weighted by molar-refractivity contribution is -0.138. The summed E-state index contributed by atoms with van der Waals surface area (Å²) in [7, 11) is 0. The molecular formula is C7H9NO3S. The maximum Gasteiger partial charge on any atom is 0.325 e. The minimum atomic E-state index is -1.08. The first-order valence-corrected chi connectivity index (χ1v) is 4.20. The molecule has 0 saturated carbocycles. The standard InChI is InChI=1S/C7H9NO3S/c8-6(7(10)11)4-1-2-12-5(4)3-9/h1-2,6,9H,3,8H2,(H,10,11). The van der Waals surface area contributed by atoms with Crippen LogP contribution in [0.4, 0.5) is 0 Å². The molecule has 1 heterocycles. The van der Waals surface area contributed by atoms with Gasteiger partial charge in [-0.2, -0.15) is 0 Å². The maximum atomic E-state index is 10.5. The molecule has 4 N–H and O–H groups in total. The molecule has 0 amide bonds. The van der Waals surface area contributed by atoms with E-state index in [1.54, 1.807) is 11.4 Å². The fourth-order valence-corrected chi connectivity index (χ4v) is 1.67. The minimum absolute atomic E-state index is 0.159. The van der Waals surface area contributed by atoms with Gasteiger partial charge in [-0.3, -0.25) is 4.79 Å². The van der Waals surface area contributed by atoms with Crippen LogP contribution >= 0.6 is 11.3 Å². The first kappa shape index (κ1) is 9.18. The van der Waals surface area contributed by atoms with Gasteiger partial charge in [0.15, 0.2) is 0 Å². The van der Waals surface area contributed by atoms with Gasteiger partial charge in [-0.15, -0.1) is 11.3 Å². The highest BCUT2D eigenvalue weighted by atomic mass is 32.1. The number of aliphatic hydroxyl groups is 1. The highest BCUT2D eigenvalue weighted by molar-refractivity contribution is 7.10. The van der Waals surface area contributed by atoms with Crippen molar-refractivity contribution in [2.75, 3.05) is 0 Å². The molecule has 12 heavy (non-hydrogen) atoms. The van der Waals surface area contributed by atoms with Gasteiger partial charge in [0.25, 0.3) is 0 Å². The van der Waals surface area contributed by atoms with Crippen LogP contribution in [0.3, 0.4) is 0 Å². The van der Waals surface area contributed by atoms with Crippen LogP contribution in [-0.4, -0.2) is 16.2 Å². The van der Waals surface area contributed by atoms with Gasteiger partial charge in [-0.05, 0) is 17.0 Å². The normalized spacial score (nSPS) is 12.8. The molecule has 0 radical (unpaired) electrons. The Balaban J connectivity index is 2.93. The van der Waals surface area contributed by atoms with Crippen molar-refractivity contribution >= 4 is 17.3 Å². The molecule has 1 aromatic rings. The zero-order valence-corrected chi connectivity index (χ0v) is 7.04.